The Labute approximate surface area is 143 Å². The number of hydrogen-bond donors (Lipinski definition) is 3. The molecule has 0 bridgehead atoms. The average Bonchev–Trinajstić information content (AvgIpc) is 0.722. The van der Waals surface area contributed by atoms with Crippen LogP contribution in [-0.4, -0.2) is 102 Å². The van der Waals surface area contributed by atoms with Crippen molar-refractivity contribution in [3.8, 4) is 0 Å². The molecule has 0 amide bonds. The van der Waals surface area contributed by atoms with Crippen molar-refractivity contribution in [1.82, 2.24) is 0 Å². The number of hydrogen-bond acceptors (Lipinski definition) is 1. The number of phosphoric acid groups is 1. The van der Waals surface area contributed by atoms with Gasteiger partial charge in [-0.2, -0.15) is 0 Å². The van der Waals surface area contributed by atoms with Gasteiger partial charge in [-0.3, -0.25) is 0 Å². The maximum atomic E-state index is 8.88. The zero-order valence-electron chi connectivity index (χ0n) is 2.77. The van der Waals surface area contributed by atoms with Gasteiger partial charge in [0.1, 0.15) is 0 Å². The second kappa shape index (κ2) is 10.9. The van der Waals surface area contributed by atoms with E-state index in [1.54, 1.807) is 0 Å². The Morgan fingerprint density at radius 3 is 1.12 bits per heavy atom. The Kier molecular flexibility index (Phi) is 30.7. The molecule has 0 rings (SSSR count). The molecular weight excluding hydrogens is 324 g/mol. The van der Waals surface area contributed by atoms with Gasteiger partial charge in [0.2, 0.25) is 0 Å². The molecule has 4 nitrogen and oxygen atoms in total. The standard InChI is InChI=1S/Cs.Li.H3O4P.Y.2H/c;;1-5(2,3)4;;;/h;;(H3,1,2,3,4);;;. The average molecular weight is 329 g/mol. The van der Waals surface area contributed by atoms with Crippen molar-refractivity contribution < 1.29 is 52.0 Å². The zero-order chi connectivity index (χ0) is 4.50. The third-order valence-electron chi connectivity index (χ3n) is 0. The van der Waals surface area contributed by atoms with Gasteiger partial charge in [0, 0.05) is 32.7 Å². The molecule has 0 heterocycles. The topological polar surface area (TPSA) is 77.8 Å². The Hall–Kier alpha value is 3.86. The molecule has 0 aliphatic heterocycles. The van der Waals surface area contributed by atoms with Crippen LogP contribution in [-0.2, 0) is 37.3 Å². The SMILES string of the molecule is O=P(O)(O)O.[CsH].[LiH].[Y]. The van der Waals surface area contributed by atoms with Crippen LogP contribution in [0, 0.1) is 0 Å². The summed E-state index contributed by atoms with van der Waals surface area (Å²) in [7, 11) is -4.64. The molecular formula is H5CsLiO4PY. The monoisotopic (exact) mass is 329 g/mol. The summed E-state index contributed by atoms with van der Waals surface area (Å²) in [6.07, 6.45) is 0. The van der Waals surface area contributed by atoms with Gasteiger partial charge < -0.3 is 14.7 Å². The summed E-state index contributed by atoms with van der Waals surface area (Å²) in [6, 6.07) is 0. The van der Waals surface area contributed by atoms with E-state index in [9.17, 15) is 0 Å². The Morgan fingerprint density at radius 1 is 1.12 bits per heavy atom. The third-order valence-corrected chi connectivity index (χ3v) is 0. The first-order valence-corrected chi connectivity index (χ1v) is 2.35. The van der Waals surface area contributed by atoms with Gasteiger partial charge >= 0.3 is 95.6 Å². The molecule has 0 saturated carbocycles. The van der Waals surface area contributed by atoms with Crippen LogP contribution in [0.1, 0.15) is 0 Å². The summed E-state index contributed by atoms with van der Waals surface area (Å²) in [4.78, 5) is 21.6. The summed E-state index contributed by atoms with van der Waals surface area (Å²) in [5.74, 6) is 0. The van der Waals surface area contributed by atoms with Gasteiger partial charge in [-0.1, -0.05) is 0 Å². The maximum Gasteiger partial charge on any atom is 0 e. The fraction of sp³-hybridized carbons (Fsp3) is 0. The molecule has 0 aliphatic rings. The summed E-state index contributed by atoms with van der Waals surface area (Å²) in [6.45, 7) is 0. The summed E-state index contributed by atoms with van der Waals surface area (Å²) < 4.78 is 8.88. The van der Waals surface area contributed by atoms with E-state index in [0.29, 0.717) is 0 Å². The van der Waals surface area contributed by atoms with Crippen molar-refractivity contribution in [3.63, 3.8) is 0 Å². The minimum atomic E-state index is -4.64. The molecule has 0 unspecified atom stereocenters. The van der Waals surface area contributed by atoms with Crippen molar-refractivity contribution in [2.75, 3.05) is 0 Å². The number of rotatable bonds is 0. The summed E-state index contributed by atoms with van der Waals surface area (Å²) in [5, 5.41) is 0. The van der Waals surface area contributed by atoms with E-state index in [2.05, 4.69) is 0 Å². The fourth-order valence-electron chi connectivity index (χ4n) is 0. The Balaban J connectivity index is -0.0000000267. The second-order valence-electron chi connectivity index (χ2n) is 0.513. The van der Waals surface area contributed by atoms with Crippen LogP contribution >= 0.6 is 7.82 Å². The molecule has 0 aromatic rings. The molecule has 0 aromatic heterocycles. The van der Waals surface area contributed by atoms with Crippen LogP contribution in [0.25, 0.3) is 0 Å². The van der Waals surface area contributed by atoms with Crippen molar-refractivity contribution in [2.45, 2.75) is 0 Å². The van der Waals surface area contributed by atoms with Crippen LogP contribution in [0.3, 0.4) is 0 Å². The van der Waals surface area contributed by atoms with E-state index in [0.717, 1.165) is 0 Å². The van der Waals surface area contributed by atoms with Gasteiger partial charge in [-0.25, -0.2) is 4.57 Å². The van der Waals surface area contributed by atoms with E-state index in [1.807, 2.05) is 0 Å². The van der Waals surface area contributed by atoms with Crippen molar-refractivity contribution in [2.24, 2.45) is 0 Å². The van der Waals surface area contributed by atoms with E-state index in [1.165, 1.54) is 0 Å². The molecule has 39 valence electrons. The summed E-state index contributed by atoms with van der Waals surface area (Å²) >= 11 is 0. The van der Waals surface area contributed by atoms with Gasteiger partial charge in [-0.15, -0.1) is 0 Å². The molecule has 8 heteroatoms. The van der Waals surface area contributed by atoms with Crippen molar-refractivity contribution in [1.29, 1.82) is 0 Å². The quantitative estimate of drug-likeness (QED) is 0.347. The first-order valence-electron chi connectivity index (χ1n) is 0.783. The van der Waals surface area contributed by atoms with Gasteiger partial charge in [0.25, 0.3) is 0 Å². The van der Waals surface area contributed by atoms with Gasteiger partial charge in [0.05, 0.1) is 0 Å². The maximum absolute atomic E-state index is 8.88. The third kappa shape index (κ3) is 51.9. The van der Waals surface area contributed by atoms with Crippen molar-refractivity contribution in [3.05, 3.63) is 0 Å². The zero-order valence-corrected chi connectivity index (χ0v) is 6.51. The predicted octanol–water partition coefficient (Wildman–Crippen LogP) is -2.23. The predicted molar refractivity (Wildman–Crippen MR) is 28.6 cm³/mol. The Bertz CT molecular complexity index is 62.2. The van der Waals surface area contributed by atoms with Crippen LogP contribution < -0.4 is 0 Å². The van der Waals surface area contributed by atoms with Crippen LogP contribution in [0.5, 0.6) is 0 Å². The first-order chi connectivity index (χ1) is 2.00. The van der Waals surface area contributed by atoms with E-state index in [4.69, 9.17) is 19.2 Å². The fourth-order valence-corrected chi connectivity index (χ4v) is 0. The van der Waals surface area contributed by atoms with Gasteiger partial charge in [0.15, 0.2) is 0 Å². The first kappa shape index (κ1) is 22.6. The second-order valence-corrected chi connectivity index (χ2v) is 1.54. The molecule has 0 fully saturated rings. The van der Waals surface area contributed by atoms with Crippen molar-refractivity contribution >= 4 is 95.6 Å². The van der Waals surface area contributed by atoms with Crippen LogP contribution in [0.4, 0.5) is 0 Å². The van der Waals surface area contributed by atoms with E-state index >= 15 is 0 Å². The molecule has 1 radical (unpaired) electrons. The molecule has 0 spiro atoms. The van der Waals surface area contributed by atoms with E-state index < -0.39 is 7.82 Å². The molecule has 3 N–H and O–H groups in total. The molecule has 8 heavy (non-hydrogen) atoms. The Morgan fingerprint density at radius 2 is 1.12 bits per heavy atom. The molecule has 0 aromatic carbocycles. The molecule has 0 atom stereocenters. The van der Waals surface area contributed by atoms with E-state index in [-0.39, 0.29) is 120 Å². The molecule has 0 aliphatic carbocycles. The van der Waals surface area contributed by atoms with Crippen LogP contribution in [0.2, 0.25) is 0 Å². The largest absolute Gasteiger partial charge is 0 e. The minimum absolute atomic E-state index is 0. The summed E-state index contributed by atoms with van der Waals surface area (Å²) in [5.41, 5.74) is 0. The normalized spacial score (nSPS) is 7.38. The minimum Gasteiger partial charge on any atom is 0 e. The van der Waals surface area contributed by atoms with Crippen LogP contribution in [0.15, 0.2) is 0 Å². The molecule has 0 saturated heterocycles. The smallest absolute Gasteiger partial charge is 0 e. The van der Waals surface area contributed by atoms with Gasteiger partial charge in [-0.05, 0) is 0 Å².